The molecule has 0 saturated heterocycles. The number of para-hydroxylation sites is 1. The first-order chi connectivity index (χ1) is 14.4. The number of hydrogen-bond acceptors (Lipinski definition) is 7. The lowest BCUT2D eigenvalue weighted by atomic mass is 10.3. The molecule has 0 bridgehead atoms. The maximum absolute atomic E-state index is 12.7. The Balaban J connectivity index is 1.70. The van der Waals surface area contributed by atoms with Gasteiger partial charge in [0.1, 0.15) is 5.75 Å². The van der Waals surface area contributed by atoms with E-state index in [9.17, 15) is 18.0 Å². The zero-order chi connectivity index (χ0) is 21.6. The quantitative estimate of drug-likeness (QED) is 0.404. The van der Waals surface area contributed by atoms with Crippen molar-refractivity contribution >= 4 is 33.2 Å². The summed E-state index contributed by atoms with van der Waals surface area (Å²) in [5.74, 6) is 0.256. The molecule has 1 amide bonds. The zero-order valence-corrected chi connectivity index (χ0v) is 17.6. The summed E-state index contributed by atoms with van der Waals surface area (Å²) in [6, 6.07) is 14.7. The van der Waals surface area contributed by atoms with Gasteiger partial charge in [0.05, 0.1) is 23.5 Å². The van der Waals surface area contributed by atoms with Crippen LogP contribution in [0.1, 0.15) is 6.92 Å². The van der Waals surface area contributed by atoms with Crippen molar-refractivity contribution in [2.75, 3.05) is 17.7 Å². The van der Waals surface area contributed by atoms with E-state index in [4.69, 9.17) is 4.74 Å². The number of amides is 1. The van der Waals surface area contributed by atoms with Gasteiger partial charge in [-0.2, -0.15) is 0 Å². The fourth-order valence-corrected chi connectivity index (χ4v) is 4.36. The van der Waals surface area contributed by atoms with E-state index in [0.717, 1.165) is 18.0 Å². The van der Waals surface area contributed by atoms with Crippen LogP contribution in [0.3, 0.4) is 0 Å². The molecule has 0 aliphatic carbocycles. The van der Waals surface area contributed by atoms with Gasteiger partial charge in [-0.3, -0.25) is 9.59 Å². The first-order valence-electron chi connectivity index (χ1n) is 8.95. The van der Waals surface area contributed by atoms with E-state index in [1.807, 2.05) is 13.0 Å². The molecule has 0 aliphatic rings. The molecular formula is C20H19N3O5S2. The fraction of sp³-hybridized carbons (Fsp3) is 0.150. The second-order valence-corrected chi connectivity index (χ2v) is 8.87. The molecule has 0 unspecified atom stereocenters. The molecule has 30 heavy (non-hydrogen) atoms. The number of carbonyl (C=O) groups excluding carboxylic acids is 1. The number of aromatic amines is 1. The summed E-state index contributed by atoms with van der Waals surface area (Å²) in [6.07, 6.45) is 1.00. The highest BCUT2D eigenvalue weighted by Crippen LogP contribution is 2.21. The third kappa shape index (κ3) is 5.28. The van der Waals surface area contributed by atoms with Gasteiger partial charge in [-0.05, 0) is 43.3 Å². The molecule has 1 aromatic heterocycles. The lowest BCUT2D eigenvalue weighted by molar-refractivity contribution is -0.113. The van der Waals surface area contributed by atoms with E-state index in [2.05, 4.69) is 15.3 Å². The van der Waals surface area contributed by atoms with Crippen molar-refractivity contribution in [2.24, 2.45) is 0 Å². The molecule has 0 radical (unpaired) electrons. The van der Waals surface area contributed by atoms with Crippen LogP contribution in [0.4, 0.5) is 5.69 Å². The van der Waals surface area contributed by atoms with Crippen LogP contribution in [0, 0.1) is 0 Å². The van der Waals surface area contributed by atoms with E-state index in [0.29, 0.717) is 18.0 Å². The lowest BCUT2D eigenvalue weighted by Crippen LogP contribution is -2.20. The highest BCUT2D eigenvalue weighted by Gasteiger charge is 2.22. The largest absolute Gasteiger partial charge is 0.494 e. The molecule has 3 aromatic rings. The van der Waals surface area contributed by atoms with Gasteiger partial charge < -0.3 is 15.0 Å². The van der Waals surface area contributed by atoms with Gasteiger partial charge in [0.25, 0.3) is 5.56 Å². The molecule has 0 saturated carbocycles. The monoisotopic (exact) mass is 445 g/mol. The Bertz CT molecular complexity index is 1180. The number of aromatic nitrogens is 2. The van der Waals surface area contributed by atoms with Crippen molar-refractivity contribution < 1.29 is 17.9 Å². The van der Waals surface area contributed by atoms with Crippen LogP contribution in [-0.4, -0.2) is 36.7 Å². The fourth-order valence-electron chi connectivity index (χ4n) is 2.49. The van der Waals surface area contributed by atoms with Crippen LogP contribution in [-0.2, 0) is 14.6 Å². The van der Waals surface area contributed by atoms with E-state index in [1.54, 1.807) is 24.3 Å². The Kier molecular flexibility index (Phi) is 6.91. The summed E-state index contributed by atoms with van der Waals surface area (Å²) in [6.45, 7) is 2.28. The number of nitrogens with zero attached hydrogens (tertiary/aromatic N) is 1. The second kappa shape index (κ2) is 9.59. The molecule has 8 nitrogen and oxygen atoms in total. The van der Waals surface area contributed by atoms with Gasteiger partial charge in [-0.15, -0.1) is 0 Å². The molecule has 0 atom stereocenters. The summed E-state index contributed by atoms with van der Waals surface area (Å²) >= 11 is 0.994. The Morgan fingerprint density at radius 2 is 1.83 bits per heavy atom. The second-order valence-electron chi connectivity index (χ2n) is 5.99. The average Bonchev–Trinajstić information content (AvgIpc) is 2.73. The predicted octanol–water partition coefficient (Wildman–Crippen LogP) is 2.73. The minimum Gasteiger partial charge on any atom is -0.494 e. The van der Waals surface area contributed by atoms with Crippen LogP contribution >= 0.6 is 11.8 Å². The topological polar surface area (TPSA) is 118 Å². The SMILES string of the molecule is CCOc1ccc(S(=O)(=O)c2cnc(SCC(=O)Nc3ccccc3)[nH]c2=O)cc1. The number of H-pyrrole nitrogens is 1. The number of benzene rings is 2. The summed E-state index contributed by atoms with van der Waals surface area (Å²) in [7, 11) is -4.04. The molecule has 0 fully saturated rings. The molecule has 0 aliphatic heterocycles. The highest BCUT2D eigenvalue weighted by molar-refractivity contribution is 7.99. The van der Waals surface area contributed by atoms with Gasteiger partial charge in [0.2, 0.25) is 15.7 Å². The molecule has 10 heteroatoms. The highest BCUT2D eigenvalue weighted by atomic mass is 32.2. The number of hydrogen-bond donors (Lipinski definition) is 2. The van der Waals surface area contributed by atoms with Gasteiger partial charge in [-0.25, -0.2) is 13.4 Å². The van der Waals surface area contributed by atoms with Crippen molar-refractivity contribution in [2.45, 2.75) is 21.9 Å². The van der Waals surface area contributed by atoms with Crippen LogP contribution in [0.5, 0.6) is 5.75 Å². The standard InChI is InChI=1S/C20H19N3O5S2/c1-2-28-15-8-10-16(11-9-15)30(26,27)17-12-21-20(23-19(17)25)29-13-18(24)22-14-6-4-3-5-7-14/h3-12H,2,13H2,1H3,(H,22,24)(H,21,23,25). The van der Waals surface area contributed by atoms with Crippen molar-refractivity contribution in [3.8, 4) is 5.75 Å². The van der Waals surface area contributed by atoms with Crippen LogP contribution in [0.15, 0.2) is 80.5 Å². The molecule has 2 N–H and O–H groups in total. The van der Waals surface area contributed by atoms with Crippen LogP contribution < -0.4 is 15.6 Å². The number of rotatable bonds is 8. The Hall–Kier alpha value is -3.11. The van der Waals surface area contributed by atoms with E-state index >= 15 is 0 Å². The summed E-state index contributed by atoms with van der Waals surface area (Å²) < 4.78 is 30.8. The minimum atomic E-state index is -4.04. The maximum Gasteiger partial charge on any atom is 0.270 e. The number of carbonyl (C=O) groups is 1. The number of sulfone groups is 1. The van der Waals surface area contributed by atoms with Gasteiger partial charge in [0.15, 0.2) is 10.1 Å². The molecule has 1 heterocycles. The Morgan fingerprint density at radius 1 is 1.13 bits per heavy atom. The van der Waals surface area contributed by atoms with Crippen molar-refractivity contribution in [1.82, 2.24) is 9.97 Å². The Morgan fingerprint density at radius 3 is 2.47 bits per heavy atom. The summed E-state index contributed by atoms with van der Waals surface area (Å²) in [4.78, 5) is 30.2. The summed E-state index contributed by atoms with van der Waals surface area (Å²) in [5, 5.41) is 2.86. The van der Waals surface area contributed by atoms with Crippen molar-refractivity contribution in [1.29, 1.82) is 0 Å². The summed E-state index contributed by atoms with van der Waals surface area (Å²) in [5.41, 5.74) is -0.147. The average molecular weight is 446 g/mol. The van der Waals surface area contributed by atoms with Gasteiger partial charge in [-0.1, -0.05) is 30.0 Å². The van der Waals surface area contributed by atoms with Crippen molar-refractivity contribution in [3.63, 3.8) is 0 Å². The van der Waals surface area contributed by atoms with E-state index in [1.165, 1.54) is 24.3 Å². The number of ether oxygens (including phenoxy) is 1. The number of nitrogens with one attached hydrogen (secondary N) is 2. The first-order valence-corrected chi connectivity index (χ1v) is 11.4. The minimum absolute atomic E-state index is 0.00280. The third-order valence-corrected chi connectivity index (χ3v) is 6.53. The molecular weight excluding hydrogens is 426 g/mol. The smallest absolute Gasteiger partial charge is 0.270 e. The normalized spacial score (nSPS) is 11.1. The molecule has 156 valence electrons. The number of thioether (sulfide) groups is 1. The molecule has 0 spiro atoms. The van der Waals surface area contributed by atoms with Crippen LogP contribution in [0.2, 0.25) is 0 Å². The number of anilines is 1. The van der Waals surface area contributed by atoms with Crippen LogP contribution in [0.25, 0.3) is 0 Å². The van der Waals surface area contributed by atoms with E-state index < -0.39 is 20.3 Å². The Labute approximate surface area is 177 Å². The van der Waals surface area contributed by atoms with Gasteiger partial charge >= 0.3 is 0 Å². The zero-order valence-electron chi connectivity index (χ0n) is 16.0. The van der Waals surface area contributed by atoms with Gasteiger partial charge in [0, 0.05) is 5.69 Å². The maximum atomic E-state index is 12.7. The molecule has 3 rings (SSSR count). The van der Waals surface area contributed by atoms with E-state index in [-0.39, 0.29) is 21.7 Å². The van der Waals surface area contributed by atoms with Crippen molar-refractivity contribution in [3.05, 3.63) is 71.1 Å². The molecule has 2 aromatic carbocycles. The predicted molar refractivity (Wildman–Crippen MR) is 114 cm³/mol. The third-order valence-electron chi connectivity index (χ3n) is 3.88. The first kappa shape index (κ1) is 21.6. The lowest BCUT2D eigenvalue weighted by Gasteiger charge is -2.07.